The first-order valence-corrected chi connectivity index (χ1v) is 13.7. The summed E-state index contributed by atoms with van der Waals surface area (Å²) in [5.74, 6) is 1.02. The Labute approximate surface area is 213 Å². The van der Waals surface area contributed by atoms with Crippen LogP contribution in [0, 0.1) is 0 Å². The Hall–Kier alpha value is -1.25. The number of amides is 3. The Morgan fingerprint density at radius 3 is 1.44 bits per heavy atom. The number of benzene rings is 1. The van der Waals surface area contributed by atoms with Gasteiger partial charge < -0.3 is 4.74 Å². The van der Waals surface area contributed by atoms with Gasteiger partial charge >= 0.3 is 0 Å². The predicted molar refractivity (Wildman–Crippen MR) is 141 cm³/mol. The van der Waals surface area contributed by atoms with Crippen LogP contribution in [0.3, 0.4) is 0 Å². The van der Waals surface area contributed by atoms with Crippen LogP contribution < -0.4 is 4.74 Å². The summed E-state index contributed by atoms with van der Waals surface area (Å²) >= 11 is 20.1. The molecular weight excluding hydrogens is 527 g/mol. The fourth-order valence-electron chi connectivity index (χ4n) is 3.47. The number of nitrogens with zero attached hydrogens (tertiary/aromatic N) is 3. The van der Waals surface area contributed by atoms with Crippen LogP contribution in [0.2, 0.25) is 0 Å². The van der Waals surface area contributed by atoms with Crippen LogP contribution in [-0.4, -0.2) is 89.4 Å². The Morgan fingerprint density at radius 1 is 0.750 bits per heavy atom. The molecule has 3 aliphatic heterocycles. The number of carbonyl (C=O) groups excluding carboxylic acids is 3. The van der Waals surface area contributed by atoms with Crippen LogP contribution in [0.15, 0.2) is 12.1 Å². The fraction of sp³-hybridized carbons (Fsp3) is 0.368. The zero-order valence-electron chi connectivity index (χ0n) is 16.8. The van der Waals surface area contributed by atoms with Crippen molar-refractivity contribution in [3.63, 3.8) is 0 Å². The van der Waals surface area contributed by atoms with Crippen molar-refractivity contribution in [3.05, 3.63) is 28.8 Å². The molecular formula is C19H17N3O4S6. The monoisotopic (exact) mass is 543 g/mol. The lowest BCUT2D eigenvalue weighted by atomic mass is 10.0. The molecule has 1 aromatic rings. The van der Waals surface area contributed by atoms with Gasteiger partial charge in [0.1, 0.15) is 18.7 Å². The van der Waals surface area contributed by atoms with E-state index in [1.54, 1.807) is 0 Å². The third kappa shape index (κ3) is 4.42. The molecule has 3 aliphatic rings. The molecule has 7 nitrogen and oxygen atoms in total. The highest BCUT2D eigenvalue weighted by Gasteiger charge is 2.35. The second kappa shape index (κ2) is 9.94. The van der Waals surface area contributed by atoms with Gasteiger partial charge in [0.15, 0.2) is 0 Å². The number of carbonyl (C=O) groups is 3. The Bertz CT molecular complexity index is 1000. The van der Waals surface area contributed by atoms with Crippen molar-refractivity contribution in [1.29, 1.82) is 0 Å². The lowest BCUT2D eigenvalue weighted by Gasteiger charge is -2.22. The van der Waals surface area contributed by atoms with E-state index in [4.69, 9.17) is 41.4 Å². The van der Waals surface area contributed by atoms with Crippen LogP contribution in [0.1, 0.15) is 31.1 Å². The smallest absolute Gasteiger partial charge is 0.263 e. The summed E-state index contributed by atoms with van der Waals surface area (Å²) in [6.45, 7) is 1.37. The van der Waals surface area contributed by atoms with E-state index in [2.05, 4.69) is 0 Å². The standard InChI is InChI=1S/C19H17N3O4S6/c1-26-13-11(15(24)21-3-6-31-18(21)28)8-10(14(23)20-2-5-30-17(20)27)9-12(13)16(25)22-4-7-32-19(22)29/h8-9H,2-7H2,1H3. The highest BCUT2D eigenvalue weighted by Crippen LogP contribution is 2.33. The summed E-state index contributed by atoms with van der Waals surface area (Å²) in [5, 5.41) is 0. The van der Waals surface area contributed by atoms with Crippen LogP contribution in [0.4, 0.5) is 0 Å². The summed E-state index contributed by atoms with van der Waals surface area (Å²) < 4.78 is 6.92. The van der Waals surface area contributed by atoms with Crippen LogP contribution in [0.5, 0.6) is 5.75 Å². The Kier molecular flexibility index (Phi) is 7.42. The zero-order valence-corrected chi connectivity index (χ0v) is 21.7. The zero-order chi connectivity index (χ0) is 23.0. The number of hydrogen-bond acceptors (Lipinski definition) is 10. The lowest BCUT2D eigenvalue weighted by molar-refractivity contribution is 0.0854. The van der Waals surface area contributed by atoms with E-state index in [1.807, 2.05) is 0 Å². The SMILES string of the molecule is COc1c(C(=O)N2CCSC2=S)cc(C(=O)N2CCSC2=S)cc1C(=O)N1CCSC1=S. The molecule has 4 rings (SSSR count). The van der Waals surface area contributed by atoms with Crippen LogP contribution in [0.25, 0.3) is 0 Å². The quantitative estimate of drug-likeness (QED) is 0.529. The van der Waals surface area contributed by atoms with Crippen molar-refractivity contribution in [2.75, 3.05) is 44.0 Å². The first kappa shape index (κ1) is 23.9. The van der Waals surface area contributed by atoms with E-state index >= 15 is 0 Å². The van der Waals surface area contributed by atoms with E-state index in [-0.39, 0.29) is 28.3 Å². The van der Waals surface area contributed by atoms with E-state index in [0.717, 1.165) is 0 Å². The Balaban J connectivity index is 1.83. The molecule has 3 heterocycles. The fourth-order valence-corrected chi connectivity index (χ4v) is 7.08. The molecule has 0 N–H and O–H groups in total. The summed E-state index contributed by atoms with van der Waals surface area (Å²) in [6.07, 6.45) is 0. The molecule has 0 aliphatic carbocycles. The third-order valence-corrected chi connectivity index (χ3v) is 9.30. The first-order valence-electron chi connectivity index (χ1n) is 9.51. The number of thioether (sulfide) groups is 3. The van der Waals surface area contributed by atoms with Gasteiger partial charge in [0, 0.05) is 42.5 Å². The van der Waals surface area contributed by atoms with Crippen molar-refractivity contribution in [1.82, 2.24) is 14.7 Å². The second-order valence-corrected chi connectivity index (χ2v) is 12.0. The minimum atomic E-state index is -0.405. The number of methoxy groups -OCH3 is 1. The number of thiocarbonyl (C=S) groups is 3. The number of rotatable bonds is 4. The van der Waals surface area contributed by atoms with Crippen molar-refractivity contribution >= 4 is 103 Å². The van der Waals surface area contributed by atoms with Crippen LogP contribution in [-0.2, 0) is 0 Å². The van der Waals surface area contributed by atoms with E-state index < -0.39 is 11.8 Å². The van der Waals surface area contributed by atoms with Gasteiger partial charge in [-0.25, -0.2) is 0 Å². The predicted octanol–water partition coefficient (Wildman–Crippen LogP) is 3.12. The molecule has 0 bridgehead atoms. The van der Waals surface area contributed by atoms with Gasteiger partial charge in [-0.3, -0.25) is 29.1 Å². The maximum absolute atomic E-state index is 13.4. The average molecular weight is 544 g/mol. The normalized spacial score (nSPS) is 18.7. The molecule has 3 amide bonds. The summed E-state index contributed by atoms with van der Waals surface area (Å²) in [4.78, 5) is 44.5. The highest BCUT2D eigenvalue weighted by atomic mass is 32.2. The third-order valence-electron chi connectivity index (χ3n) is 5.02. The molecule has 0 unspecified atom stereocenters. The molecule has 32 heavy (non-hydrogen) atoms. The summed E-state index contributed by atoms with van der Waals surface area (Å²) in [6, 6.07) is 2.93. The molecule has 0 atom stereocenters. The minimum Gasteiger partial charge on any atom is -0.495 e. The highest BCUT2D eigenvalue weighted by molar-refractivity contribution is 8.24. The molecule has 0 aromatic heterocycles. The van der Waals surface area contributed by atoms with Gasteiger partial charge in [-0.2, -0.15) is 0 Å². The first-order chi connectivity index (χ1) is 15.3. The topological polar surface area (TPSA) is 70.2 Å². The average Bonchev–Trinajstić information content (AvgIpc) is 3.52. The summed E-state index contributed by atoms with van der Waals surface area (Å²) in [5.41, 5.74) is 0.419. The van der Waals surface area contributed by atoms with Crippen molar-refractivity contribution in [3.8, 4) is 5.75 Å². The maximum atomic E-state index is 13.4. The molecule has 13 heteroatoms. The minimum absolute atomic E-state index is 0.106. The molecule has 168 valence electrons. The number of ether oxygens (including phenoxy) is 1. The van der Waals surface area contributed by atoms with E-state index in [0.29, 0.717) is 49.9 Å². The maximum Gasteiger partial charge on any atom is 0.263 e. The van der Waals surface area contributed by atoms with Gasteiger partial charge in [0.05, 0.1) is 18.2 Å². The van der Waals surface area contributed by atoms with Gasteiger partial charge in [0.2, 0.25) is 0 Å². The summed E-state index contributed by atoms with van der Waals surface area (Å²) in [7, 11) is 1.39. The van der Waals surface area contributed by atoms with Crippen molar-refractivity contribution in [2.24, 2.45) is 0 Å². The van der Waals surface area contributed by atoms with Gasteiger partial charge in [0.25, 0.3) is 17.7 Å². The van der Waals surface area contributed by atoms with E-state index in [1.165, 1.54) is 69.2 Å². The van der Waals surface area contributed by atoms with Crippen LogP contribution >= 0.6 is 71.9 Å². The molecule has 0 saturated carbocycles. The van der Waals surface area contributed by atoms with Crippen molar-refractivity contribution in [2.45, 2.75) is 0 Å². The molecule has 0 radical (unpaired) electrons. The molecule has 1 aromatic carbocycles. The molecule has 3 saturated heterocycles. The second-order valence-electron chi connectivity index (χ2n) is 6.82. The van der Waals surface area contributed by atoms with Gasteiger partial charge in [-0.1, -0.05) is 71.9 Å². The molecule has 3 fully saturated rings. The van der Waals surface area contributed by atoms with Gasteiger partial charge in [-0.05, 0) is 12.1 Å². The van der Waals surface area contributed by atoms with E-state index in [9.17, 15) is 14.4 Å². The molecule has 0 spiro atoms. The number of hydrogen-bond donors (Lipinski definition) is 0. The Morgan fingerprint density at radius 2 is 1.12 bits per heavy atom. The largest absolute Gasteiger partial charge is 0.495 e. The van der Waals surface area contributed by atoms with Gasteiger partial charge in [-0.15, -0.1) is 0 Å². The lowest BCUT2D eigenvalue weighted by Crippen LogP contribution is -2.35. The van der Waals surface area contributed by atoms with Crippen molar-refractivity contribution < 1.29 is 19.1 Å².